The first kappa shape index (κ1) is 12.7. The molecule has 0 unspecified atom stereocenters. The molecule has 1 aromatic heterocycles. The van der Waals surface area contributed by atoms with Gasteiger partial charge in [-0.1, -0.05) is 24.3 Å². The Kier molecular flexibility index (Phi) is 2.74. The van der Waals surface area contributed by atoms with Gasteiger partial charge in [0.05, 0.1) is 6.54 Å². The van der Waals surface area contributed by atoms with Crippen molar-refractivity contribution in [2.75, 3.05) is 11.6 Å². The van der Waals surface area contributed by atoms with Gasteiger partial charge in [-0.25, -0.2) is 4.79 Å². The molecule has 6 heteroatoms. The van der Waals surface area contributed by atoms with Gasteiger partial charge < -0.3 is 4.74 Å². The molecule has 1 aliphatic heterocycles. The molecule has 0 fully saturated rings. The number of carbonyl (C=O) groups excluding carboxylic acids is 1. The minimum atomic E-state index is -0.549. The third-order valence-electron chi connectivity index (χ3n) is 2.89. The fourth-order valence-electron chi connectivity index (χ4n) is 2.11. The lowest BCUT2D eigenvalue weighted by Crippen LogP contribution is -2.44. The highest BCUT2D eigenvalue weighted by Crippen LogP contribution is 2.21. The zero-order chi connectivity index (χ0) is 14.3. The van der Waals surface area contributed by atoms with Crippen molar-refractivity contribution in [1.82, 2.24) is 15.1 Å². The van der Waals surface area contributed by atoms with Crippen LogP contribution in [0.25, 0.3) is 17.1 Å². The summed E-state index contributed by atoms with van der Waals surface area (Å²) in [4.78, 5) is 13.8. The van der Waals surface area contributed by atoms with Crippen molar-refractivity contribution in [3.8, 4) is 0 Å². The molecular formula is C14H16N4O2. The number of hydrogen-bond donors (Lipinski definition) is 0. The summed E-state index contributed by atoms with van der Waals surface area (Å²) in [6.07, 6.45) is 3.44. The molecule has 0 radical (unpaired) electrons. The summed E-state index contributed by atoms with van der Waals surface area (Å²) >= 11 is 0. The van der Waals surface area contributed by atoms with E-state index in [2.05, 4.69) is 10.3 Å². The van der Waals surface area contributed by atoms with Gasteiger partial charge in [0.1, 0.15) is 16.6 Å². The highest BCUT2D eigenvalue weighted by molar-refractivity contribution is 5.89. The van der Waals surface area contributed by atoms with Gasteiger partial charge in [-0.05, 0) is 32.1 Å². The highest BCUT2D eigenvalue weighted by atomic mass is 16.6. The standard InChI is InChI=1S/C14H16N4O2/c1-14(2,3)20-13(19)17-9-5-7-10-6-4-8-11-12(10)18(17)16-15-11/h4-8H,9H2,1-3H3. The van der Waals surface area contributed by atoms with E-state index in [-0.39, 0.29) is 0 Å². The molecule has 2 heterocycles. The number of benzene rings is 1. The number of carbonyl (C=O) groups is 1. The Morgan fingerprint density at radius 2 is 2.15 bits per heavy atom. The Labute approximate surface area is 116 Å². The predicted molar refractivity (Wildman–Crippen MR) is 75.9 cm³/mol. The van der Waals surface area contributed by atoms with Crippen molar-refractivity contribution in [3.63, 3.8) is 0 Å². The number of amides is 1. The molecule has 104 valence electrons. The third kappa shape index (κ3) is 2.13. The van der Waals surface area contributed by atoms with Crippen LogP contribution in [-0.4, -0.2) is 33.3 Å². The average Bonchev–Trinajstić information content (AvgIpc) is 2.66. The van der Waals surface area contributed by atoms with Crippen LogP contribution in [-0.2, 0) is 4.74 Å². The van der Waals surface area contributed by atoms with Gasteiger partial charge in [0.25, 0.3) is 0 Å². The second kappa shape index (κ2) is 4.33. The molecule has 2 aromatic rings. The Bertz CT molecular complexity index is 697. The summed E-state index contributed by atoms with van der Waals surface area (Å²) in [6.45, 7) is 5.90. The van der Waals surface area contributed by atoms with Crippen LogP contribution in [0.15, 0.2) is 24.3 Å². The molecule has 0 atom stereocenters. The molecule has 6 nitrogen and oxygen atoms in total. The summed E-state index contributed by atoms with van der Waals surface area (Å²) in [5.74, 6) is 0. The number of nitrogens with zero attached hydrogens (tertiary/aromatic N) is 4. The fourth-order valence-corrected chi connectivity index (χ4v) is 2.11. The van der Waals surface area contributed by atoms with Gasteiger partial charge in [-0.2, -0.15) is 5.01 Å². The molecule has 0 spiro atoms. The van der Waals surface area contributed by atoms with E-state index in [1.165, 1.54) is 9.80 Å². The summed E-state index contributed by atoms with van der Waals surface area (Å²) in [6, 6.07) is 5.76. The van der Waals surface area contributed by atoms with Crippen LogP contribution in [0.3, 0.4) is 0 Å². The lowest BCUT2D eigenvalue weighted by molar-refractivity contribution is 0.0538. The largest absolute Gasteiger partial charge is 0.442 e. The van der Waals surface area contributed by atoms with Crippen LogP contribution >= 0.6 is 0 Å². The molecule has 0 N–H and O–H groups in total. The maximum atomic E-state index is 12.3. The first-order chi connectivity index (χ1) is 9.46. The molecule has 0 aliphatic carbocycles. The normalized spacial score (nSPS) is 14.4. The van der Waals surface area contributed by atoms with Crippen LogP contribution in [0, 0.1) is 0 Å². The second-order valence-electron chi connectivity index (χ2n) is 5.66. The second-order valence-corrected chi connectivity index (χ2v) is 5.66. The Balaban J connectivity index is 2.06. The quantitative estimate of drug-likeness (QED) is 0.738. The third-order valence-corrected chi connectivity index (χ3v) is 2.89. The number of ether oxygens (including phenoxy) is 1. The molecule has 0 saturated heterocycles. The Morgan fingerprint density at radius 1 is 1.35 bits per heavy atom. The van der Waals surface area contributed by atoms with Gasteiger partial charge >= 0.3 is 6.09 Å². The molecule has 20 heavy (non-hydrogen) atoms. The number of aromatic nitrogens is 3. The van der Waals surface area contributed by atoms with E-state index in [0.717, 1.165) is 16.6 Å². The molecule has 1 aliphatic rings. The van der Waals surface area contributed by atoms with Crippen molar-refractivity contribution in [2.24, 2.45) is 0 Å². The van der Waals surface area contributed by atoms with Gasteiger partial charge in [0.2, 0.25) is 0 Å². The van der Waals surface area contributed by atoms with Gasteiger partial charge in [-0.15, -0.1) is 9.89 Å². The van der Waals surface area contributed by atoms with E-state index < -0.39 is 11.7 Å². The maximum Gasteiger partial charge on any atom is 0.431 e. The predicted octanol–water partition coefficient (Wildman–Crippen LogP) is 2.33. The first-order valence-electron chi connectivity index (χ1n) is 6.47. The monoisotopic (exact) mass is 272 g/mol. The van der Waals surface area contributed by atoms with E-state index in [1.807, 2.05) is 51.1 Å². The zero-order valence-corrected chi connectivity index (χ0v) is 11.7. The topological polar surface area (TPSA) is 60.2 Å². The molecular weight excluding hydrogens is 256 g/mol. The van der Waals surface area contributed by atoms with Gasteiger partial charge in [0.15, 0.2) is 0 Å². The number of rotatable bonds is 0. The van der Waals surface area contributed by atoms with Crippen molar-refractivity contribution < 1.29 is 9.53 Å². The SMILES string of the molecule is CC(C)(C)OC(=O)N1CC=Cc2cccc3nnn1c23. The summed E-state index contributed by atoms with van der Waals surface area (Å²) in [7, 11) is 0. The highest BCUT2D eigenvalue weighted by Gasteiger charge is 2.26. The first-order valence-corrected chi connectivity index (χ1v) is 6.47. The van der Waals surface area contributed by atoms with E-state index in [0.29, 0.717) is 6.54 Å². The van der Waals surface area contributed by atoms with Crippen LogP contribution < -0.4 is 5.01 Å². The molecule has 0 bridgehead atoms. The van der Waals surface area contributed by atoms with E-state index in [9.17, 15) is 4.79 Å². The fraction of sp³-hybridized carbons (Fsp3) is 0.357. The lowest BCUT2D eigenvalue weighted by atomic mass is 10.2. The van der Waals surface area contributed by atoms with Crippen molar-refractivity contribution in [2.45, 2.75) is 26.4 Å². The molecule has 0 saturated carbocycles. The van der Waals surface area contributed by atoms with Crippen molar-refractivity contribution in [1.29, 1.82) is 0 Å². The van der Waals surface area contributed by atoms with Crippen LogP contribution in [0.2, 0.25) is 0 Å². The molecule has 1 aromatic carbocycles. The van der Waals surface area contributed by atoms with Crippen molar-refractivity contribution >= 4 is 23.2 Å². The minimum absolute atomic E-state index is 0.391. The lowest BCUT2D eigenvalue weighted by Gasteiger charge is -2.25. The number of para-hydroxylation sites is 1. The van der Waals surface area contributed by atoms with E-state index >= 15 is 0 Å². The van der Waals surface area contributed by atoms with Crippen LogP contribution in [0.4, 0.5) is 4.79 Å². The molecule has 1 amide bonds. The summed E-state index contributed by atoms with van der Waals surface area (Å²) in [5.41, 5.74) is 2.00. The average molecular weight is 272 g/mol. The summed E-state index contributed by atoms with van der Waals surface area (Å²) in [5, 5.41) is 9.60. The van der Waals surface area contributed by atoms with E-state index in [4.69, 9.17) is 4.74 Å². The molecule has 3 rings (SSSR count). The zero-order valence-electron chi connectivity index (χ0n) is 11.7. The van der Waals surface area contributed by atoms with Gasteiger partial charge in [0, 0.05) is 5.56 Å². The number of hydrogen-bond acceptors (Lipinski definition) is 4. The van der Waals surface area contributed by atoms with E-state index in [1.54, 1.807) is 0 Å². The smallest absolute Gasteiger partial charge is 0.431 e. The Hall–Kier alpha value is -2.37. The van der Waals surface area contributed by atoms with Crippen molar-refractivity contribution in [3.05, 3.63) is 29.8 Å². The van der Waals surface area contributed by atoms with Crippen LogP contribution in [0.5, 0.6) is 0 Å². The summed E-state index contributed by atoms with van der Waals surface area (Å²) < 4.78 is 5.41. The minimum Gasteiger partial charge on any atom is -0.442 e. The maximum absolute atomic E-state index is 12.3. The van der Waals surface area contributed by atoms with Gasteiger partial charge in [-0.3, -0.25) is 0 Å². The van der Waals surface area contributed by atoms with Crippen LogP contribution in [0.1, 0.15) is 26.3 Å². The Morgan fingerprint density at radius 3 is 2.90 bits per heavy atom.